The van der Waals surface area contributed by atoms with Crippen molar-refractivity contribution in [3.63, 3.8) is 0 Å². The van der Waals surface area contributed by atoms with Gasteiger partial charge in [0.1, 0.15) is 4.60 Å². The van der Waals surface area contributed by atoms with E-state index >= 15 is 0 Å². The van der Waals surface area contributed by atoms with Crippen LogP contribution in [0.5, 0.6) is 0 Å². The Labute approximate surface area is 77.2 Å². The molecule has 0 aliphatic heterocycles. The third-order valence-electron chi connectivity index (χ3n) is 1.06. The lowest BCUT2D eigenvalue weighted by atomic mass is 10.4. The molecule has 0 saturated carbocycles. The zero-order valence-electron chi connectivity index (χ0n) is 6.24. The molecule has 0 aliphatic carbocycles. The van der Waals surface area contributed by atoms with E-state index in [2.05, 4.69) is 36.4 Å². The Balaban J connectivity index is 2.75. The highest BCUT2D eigenvalue weighted by molar-refractivity contribution is 9.10. The first kappa shape index (κ1) is 9.08. The van der Waals surface area contributed by atoms with Gasteiger partial charge in [0.05, 0.1) is 7.11 Å². The van der Waals surface area contributed by atoms with Gasteiger partial charge >= 0.3 is 0 Å². The van der Waals surface area contributed by atoms with Crippen LogP contribution in [0.25, 0.3) is 0 Å². The van der Waals surface area contributed by atoms with Crippen LogP contribution < -0.4 is 5.48 Å². The zero-order valence-corrected chi connectivity index (χ0v) is 7.83. The van der Waals surface area contributed by atoms with Crippen molar-refractivity contribution in [2.75, 3.05) is 7.11 Å². The van der Waals surface area contributed by atoms with Crippen LogP contribution in [-0.2, 0) is 4.84 Å². The second kappa shape index (κ2) is 4.13. The fourth-order valence-corrected chi connectivity index (χ4v) is 0.794. The van der Waals surface area contributed by atoms with E-state index in [-0.39, 0.29) is 5.69 Å². The number of hydrogen-bond acceptors (Lipinski definition) is 4. The van der Waals surface area contributed by atoms with Crippen LogP contribution in [0.4, 0.5) is 0 Å². The van der Waals surface area contributed by atoms with E-state index in [0.717, 1.165) is 0 Å². The summed E-state index contributed by atoms with van der Waals surface area (Å²) in [4.78, 5) is 15.4. The predicted octanol–water partition coefficient (Wildman–Crippen LogP) is 0.530. The van der Waals surface area contributed by atoms with Gasteiger partial charge in [0.2, 0.25) is 0 Å². The molecule has 0 bridgehead atoms. The van der Waals surface area contributed by atoms with Gasteiger partial charge in [-0.3, -0.25) is 9.63 Å². The molecule has 1 N–H and O–H groups in total. The summed E-state index contributed by atoms with van der Waals surface area (Å²) in [5, 5.41) is 7.24. The number of nitrogens with zero attached hydrogens (tertiary/aromatic N) is 2. The van der Waals surface area contributed by atoms with Crippen molar-refractivity contribution in [3.05, 3.63) is 22.4 Å². The van der Waals surface area contributed by atoms with E-state index in [1.54, 1.807) is 6.07 Å². The van der Waals surface area contributed by atoms with Crippen LogP contribution in [0, 0.1) is 0 Å². The quantitative estimate of drug-likeness (QED) is 0.755. The van der Waals surface area contributed by atoms with Gasteiger partial charge in [-0.15, -0.1) is 10.2 Å². The number of aromatic nitrogens is 2. The zero-order chi connectivity index (χ0) is 8.97. The summed E-state index contributed by atoms with van der Waals surface area (Å²) < 4.78 is 0.580. The van der Waals surface area contributed by atoms with Crippen LogP contribution in [0.2, 0.25) is 0 Å². The number of carbonyl (C=O) groups is 1. The number of nitrogens with one attached hydrogen (secondary N) is 1. The average molecular weight is 232 g/mol. The van der Waals surface area contributed by atoms with Crippen molar-refractivity contribution >= 4 is 21.8 Å². The molecule has 0 spiro atoms. The van der Waals surface area contributed by atoms with E-state index in [0.29, 0.717) is 4.60 Å². The summed E-state index contributed by atoms with van der Waals surface area (Å²) in [6, 6.07) is 3.16. The van der Waals surface area contributed by atoms with Gasteiger partial charge in [-0.1, -0.05) is 0 Å². The fourth-order valence-electron chi connectivity index (χ4n) is 0.582. The fraction of sp³-hybridized carbons (Fsp3) is 0.167. The molecule has 0 atom stereocenters. The summed E-state index contributed by atoms with van der Waals surface area (Å²) in [6.45, 7) is 0. The monoisotopic (exact) mass is 231 g/mol. The van der Waals surface area contributed by atoms with E-state index in [4.69, 9.17) is 0 Å². The van der Waals surface area contributed by atoms with Gasteiger partial charge < -0.3 is 0 Å². The van der Waals surface area contributed by atoms with Crippen molar-refractivity contribution in [3.8, 4) is 0 Å². The van der Waals surface area contributed by atoms with Crippen molar-refractivity contribution in [2.45, 2.75) is 0 Å². The maximum atomic E-state index is 11.0. The first-order chi connectivity index (χ1) is 5.74. The molecule has 6 heteroatoms. The molecular weight excluding hydrogens is 226 g/mol. The molecule has 1 heterocycles. The van der Waals surface area contributed by atoms with Crippen LogP contribution in [-0.4, -0.2) is 23.2 Å². The molecule has 0 radical (unpaired) electrons. The van der Waals surface area contributed by atoms with Crippen LogP contribution >= 0.6 is 15.9 Å². The summed E-state index contributed by atoms with van der Waals surface area (Å²) in [5.41, 5.74) is 2.33. The Kier molecular flexibility index (Phi) is 3.12. The summed E-state index contributed by atoms with van der Waals surface area (Å²) in [7, 11) is 1.35. The second-order valence-electron chi connectivity index (χ2n) is 1.88. The number of hydroxylamine groups is 1. The minimum Gasteiger partial charge on any atom is -0.277 e. The number of rotatable bonds is 2. The highest BCUT2D eigenvalue weighted by Gasteiger charge is 2.05. The van der Waals surface area contributed by atoms with Gasteiger partial charge in [-0.2, -0.15) is 0 Å². The third kappa shape index (κ3) is 2.24. The Bertz CT molecular complexity index is 275. The van der Waals surface area contributed by atoms with Gasteiger partial charge in [0.15, 0.2) is 5.69 Å². The number of carbonyl (C=O) groups excluding carboxylic acids is 1. The van der Waals surface area contributed by atoms with E-state index < -0.39 is 5.91 Å². The molecule has 1 amide bonds. The van der Waals surface area contributed by atoms with Gasteiger partial charge in [-0.25, -0.2) is 5.48 Å². The topological polar surface area (TPSA) is 64.1 Å². The van der Waals surface area contributed by atoms with Crippen LogP contribution in [0.3, 0.4) is 0 Å². The number of hydrogen-bond donors (Lipinski definition) is 1. The van der Waals surface area contributed by atoms with Crippen molar-refractivity contribution in [1.29, 1.82) is 0 Å². The maximum Gasteiger partial charge on any atom is 0.295 e. The lowest BCUT2D eigenvalue weighted by Crippen LogP contribution is -2.23. The lowest BCUT2D eigenvalue weighted by molar-refractivity contribution is 0.0531. The molecule has 0 saturated heterocycles. The lowest BCUT2D eigenvalue weighted by Gasteiger charge is -1.98. The molecule has 0 unspecified atom stereocenters. The largest absolute Gasteiger partial charge is 0.295 e. The molecule has 0 fully saturated rings. The first-order valence-corrected chi connectivity index (χ1v) is 3.86. The highest BCUT2D eigenvalue weighted by Crippen LogP contribution is 2.02. The molecule has 12 heavy (non-hydrogen) atoms. The van der Waals surface area contributed by atoms with E-state index in [9.17, 15) is 4.79 Å². The van der Waals surface area contributed by atoms with Crippen molar-refractivity contribution in [2.24, 2.45) is 0 Å². The maximum absolute atomic E-state index is 11.0. The summed E-state index contributed by atoms with van der Waals surface area (Å²) >= 11 is 3.10. The summed E-state index contributed by atoms with van der Waals surface area (Å²) in [6.07, 6.45) is 0. The first-order valence-electron chi connectivity index (χ1n) is 3.06. The van der Waals surface area contributed by atoms with E-state index in [1.165, 1.54) is 13.2 Å². The molecule has 0 aliphatic rings. The molecule has 1 aromatic rings. The smallest absolute Gasteiger partial charge is 0.277 e. The van der Waals surface area contributed by atoms with Gasteiger partial charge in [-0.05, 0) is 28.1 Å². The molecular formula is C6H6BrN3O2. The Morgan fingerprint density at radius 3 is 2.83 bits per heavy atom. The average Bonchev–Trinajstić information content (AvgIpc) is 2.06. The minimum atomic E-state index is -0.419. The number of halogens is 1. The Hall–Kier alpha value is -1.01. The standard InChI is InChI=1S/C6H6BrN3O2/c1-12-10-6(11)4-2-3-5(7)9-8-4/h2-3H,1H3,(H,10,11). The Morgan fingerprint density at radius 1 is 1.58 bits per heavy atom. The molecule has 1 rings (SSSR count). The third-order valence-corrected chi connectivity index (χ3v) is 1.48. The minimum absolute atomic E-state index is 0.208. The SMILES string of the molecule is CONC(=O)c1ccc(Br)nn1. The van der Waals surface area contributed by atoms with Gasteiger partial charge in [0.25, 0.3) is 5.91 Å². The van der Waals surface area contributed by atoms with Gasteiger partial charge in [0, 0.05) is 0 Å². The van der Waals surface area contributed by atoms with Crippen LogP contribution in [0.15, 0.2) is 16.7 Å². The second-order valence-corrected chi connectivity index (χ2v) is 2.69. The van der Waals surface area contributed by atoms with Crippen LogP contribution in [0.1, 0.15) is 10.5 Å². The number of amides is 1. The molecule has 64 valence electrons. The van der Waals surface area contributed by atoms with E-state index in [1.807, 2.05) is 0 Å². The molecule has 5 nitrogen and oxygen atoms in total. The van der Waals surface area contributed by atoms with Crippen molar-refractivity contribution < 1.29 is 9.63 Å². The highest BCUT2D eigenvalue weighted by atomic mass is 79.9. The van der Waals surface area contributed by atoms with Crippen molar-refractivity contribution in [1.82, 2.24) is 15.7 Å². The molecule has 1 aromatic heterocycles. The normalized spacial score (nSPS) is 9.50. The Morgan fingerprint density at radius 2 is 2.33 bits per heavy atom. The summed E-state index contributed by atoms with van der Waals surface area (Å²) in [5.74, 6) is -0.419. The molecule has 0 aromatic carbocycles. The predicted molar refractivity (Wildman–Crippen MR) is 44.2 cm³/mol.